The molecule has 1 aliphatic carbocycles. The van der Waals surface area contributed by atoms with Crippen molar-refractivity contribution in [2.45, 2.75) is 51.2 Å². The van der Waals surface area contributed by atoms with Gasteiger partial charge in [-0.2, -0.15) is 0 Å². The van der Waals surface area contributed by atoms with Crippen molar-refractivity contribution in [3.8, 4) is 0 Å². The molecule has 1 aliphatic heterocycles. The lowest BCUT2D eigenvalue weighted by atomic mass is 9.73. The number of ether oxygens (including phenoxy) is 1. The Morgan fingerprint density at radius 2 is 1.96 bits per heavy atom. The molecule has 1 fully saturated rings. The second-order valence-corrected chi connectivity index (χ2v) is 8.96. The highest BCUT2D eigenvalue weighted by Crippen LogP contribution is 2.52. The molecule has 0 amide bonds. The first-order chi connectivity index (χ1) is 11.6. The van der Waals surface area contributed by atoms with Gasteiger partial charge in [0.2, 0.25) is 0 Å². The monoisotopic (exact) mass is 341 g/mol. The second-order valence-electron chi connectivity index (χ2n) is 7.59. The van der Waals surface area contributed by atoms with Crippen molar-refractivity contribution in [3.63, 3.8) is 0 Å². The Labute approximate surface area is 149 Å². The Hall–Kier alpha value is -1.16. The van der Waals surface area contributed by atoms with Gasteiger partial charge in [0.15, 0.2) is 0 Å². The third-order valence-corrected chi connectivity index (χ3v) is 6.96. The zero-order chi connectivity index (χ0) is 16.7. The molecule has 3 heteroatoms. The number of hydrogen-bond donors (Lipinski definition) is 0. The minimum atomic E-state index is 0.284. The van der Waals surface area contributed by atoms with Crippen molar-refractivity contribution in [1.82, 2.24) is 4.90 Å². The molecule has 1 saturated heterocycles. The van der Waals surface area contributed by atoms with Crippen LogP contribution in [-0.4, -0.2) is 25.1 Å². The zero-order valence-corrected chi connectivity index (χ0v) is 15.8. The molecule has 1 atom stereocenters. The lowest BCUT2D eigenvalue weighted by molar-refractivity contribution is 0.0688. The fourth-order valence-electron chi connectivity index (χ4n) is 4.62. The number of aryl methyl sites for hydroxylation is 2. The van der Waals surface area contributed by atoms with Crippen molar-refractivity contribution < 1.29 is 4.74 Å². The summed E-state index contributed by atoms with van der Waals surface area (Å²) < 4.78 is 5.83. The average Bonchev–Trinajstić information content (AvgIpc) is 3.11. The molecule has 2 heterocycles. The summed E-state index contributed by atoms with van der Waals surface area (Å²) in [5.41, 5.74) is 4.69. The molecule has 0 unspecified atom stereocenters. The summed E-state index contributed by atoms with van der Waals surface area (Å²) in [4.78, 5) is 5.55. The zero-order valence-electron chi connectivity index (χ0n) is 15.0. The Morgan fingerprint density at radius 1 is 1.17 bits per heavy atom. The van der Waals surface area contributed by atoms with Gasteiger partial charge in [-0.25, -0.2) is 0 Å². The maximum Gasteiger partial charge on any atom is 0.0832 e. The first kappa shape index (κ1) is 16.3. The second kappa shape index (κ2) is 6.29. The molecule has 2 aliphatic rings. The molecule has 128 valence electrons. The SMILES string of the molecule is CO[C@H]1CC2(CCN(Cc3ccc(C)s3)CC2)c2ccc(C)cc21. The van der Waals surface area contributed by atoms with Gasteiger partial charge in [-0.15, -0.1) is 11.3 Å². The van der Waals surface area contributed by atoms with E-state index in [-0.39, 0.29) is 6.10 Å². The molecule has 1 spiro atoms. The lowest BCUT2D eigenvalue weighted by Crippen LogP contribution is -2.41. The number of likely N-dealkylation sites (tertiary alicyclic amines) is 1. The van der Waals surface area contributed by atoms with Crippen LogP contribution in [0.5, 0.6) is 0 Å². The largest absolute Gasteiger partial charge is 0.377 e. The molecular weight excluding hydrogens is 314 g/mol. The molecule has 4 rings (SSSR count). The number of hydrogen-bond acceptors (Lipinski definition) is 3. The van der Waals surface area contributed by atoms with Crippen LogP contribution in [0.15, 0.2) is 30.3 Å². The quantitative estimate of drug-likeness (QED) is 0.780. The van der Waals surface area contributed by atoms with E-state index < -0.39 is 0 Å². The number of benzene rings is 1. The summed E-state index contributed by atoms with van der Waals surface area (Å²) >= 11 is 1.94. The van der Waals surface area contributed by atoms with E-state index in [9.17, 15) is 0 Å². The van der Waals surface area contributed by atoms with Crippen LogP contribution < -0.4 is 0 Å². The maximum atomic E-state index is 5.83. The average molecular weight is 342 g/mol. The summed E-state index contributed by atoms with van der Waals surface area (Å²) in [6, 6.07) is 11.5. The van der Waals surface area contributed by atoms with Crippen molar-refractivity contribution in [3.05, 3.63) is 56.8 Å². The molecule has 0 radical (unpaired) electrons. The van der Waals surface area contributed by atoms with E-state index in [0.29, 0.717) is 5.41 Å². The number of thiophene rings is 1. The Balaban J connectivity index is 1.51. The van der Waals surface area contributed by atoms with Gasteiger partial charge in [-0.3, -0.25) is 4.90 Å². The Bertz CT molecular complexity index is 727. The van der Waals surface area contributed by atoms with Crippen LogP contribution in [0.3, 0.4) is 0 Å². The number of piperidine rings is 1. The molecule has 24 heavy (non-hydrogen) atoms. The molecule has 0 saturated carbocycles. The van der Waals surface area contributed by atoms with Gasteiger partial charge in [0.1, 0.15) is 0 Å². The number of rotatable bonds is 3. The fraction of sp³-hybridized carbons (Fsp3) is 0.524. The van der Waals surface area contributed by atoms with Gasteiger partial charge in [-0.05, 0) is 69.5 Å². The van der Waals surface area contributed by atoms with E-state index in [0.717, 1.165) is 13.0 Å². The van der Waals surface area contributed by atoms with Crippen LogP contribution in [0, 0.1) is 13.8 Å². The molecular formula is C21H27NOS. The van der Waals surface area contributed by atoms with Gasteiger partial charge >= 0.3 is 0 Å². The minimum absolute atomic E-state index is 0.284. The predicted molar refractivity (Wildman–Crippen MR) is 101 cm³/mol. The van der Waals surface area contributed by atoms with E-state index in [1.807, 2.05) is 18.4 Å². The molecule has 2 aromatic rings. The topological polar surface area (TPSA) is 12.5 Å². The summed E-state index contributed by atoms with van der Waals surface area (Å²) in [6.45, 7) is 7.88. The van der Waals surface area contributed by atoms with Crippen molar-refractivity contribution in [1.29, 1.82) is 0 Å². The van der Waals surface area contributed by atoms with Crippen LogP contribution in [-0.2, 0) is 16.7 Å². The van der Waals surface area contributed by atoms with Crippen molar-refractivity contribution >= 4 is 11.3 Å². The first-order valence-electron chi connectivity index (χ1n) is 9.01. The Morgan fingerprint density at radius 3 is 2.62 bits per heavy atom. The highest BCUT2D eigenvalue weighted by Gasteiger charge is 2.45. The third kappa shape index (κ3) is 2.83. The molecule has 0 bridgehead atoms. The van der Waals surface area contributed by atoms with Crippen LogP contribution >= 0.6 is 11.3 Å². The van der Waals surface area contributed by atoms with Gasteiger partial charge in [0.05, 0.1) is 6.10 Å². The highest BCUT2D eigenvalue weighted by molar-refractivity contribution is 7.11. The summed E-state index contributed by atoms with van der Waals surface area (Å²) in [7, 11) is 1.87. The van der Waals surface area contributed by atoms with Crippen LogP contribution in [0.4, 0.5) is 0 Å². The van der Waals surface area contributed by atoms with Gasteiger partial charge in [-0.1, -0.05) is 23.8 Å². The van der Waals surface area contributed by atoms with E-state index in [1.54, 1.807) is 5.56 Å². The fourth-order valence-corrected chi connectivity index (χ4v) is 5.55. The predicted octanol–water partition coefficient (Wildman–Crippen LogP) is 4.99. The van der Waals surface area contributed by atoms with Crippen molar-refractivity contribution in [2.75, 3.05) is 20.2 Å². The number of fused-ring (bicyclic) bond motifs is 2. The summed E-state index contributed by atoms with van der Waals surface area (Å²) in [5.74, 6) is 0. The highest BCUT2D eigenvalue weighted by atomic mass is 32.1. The van der Waals surface area contributed by atoms with Gasteiger partial charge in [0, 0.05) is 28.8 Å². The van der Waals surface area contributed by atoms with E-state index in [4.69, 9.17) is 4.74 Å². The number of methoxy groups -OCH3 is 1. The normalized spacial score (nSPS) is 22.9. The third-order valence-electron chi connectivity index (χ3n) is 5.97. The van der Waals surface area contributed by atoms with E-state index >= 15 is 0 Å². The molecule has 2 nitrogen and oxygen atoms in total. The smallest absolute Gasteiger partial charge is 0.0832 e. The van der Waals surface area contributed by atoms with E-state index in [1.165, 1.54) is 46.8 Å². The standard InChI is InChI=1S/C21H27NOS/c1-15-4-7-19-18(12-15)20(23-3)13-21(19)8-10-22(11-9-21)14-17-6-5-16(2)24-17/h4-7,12,20H,8-11,13-14H2,1-3H3/t20-/m0/s1. The van der Waals surface area contributed by atoms with Crippen molar-refractivity contribution in [2.24, 2.45) is 0 Å². The minimum Gasteiger partial charge on any atom is -0.377 e. The van der Waals surface area contributed by atoms with E-state index in [2.05, 4.69) is 49.1 Å². The van der Waals surface area contributed by atoms with Crippen LogP contribution in [0.2, 0.25) is 0 Å². The van der Waals surface area contributed by atoms with Gasteiger partial charge < -0.3 is 4.74 Å². The Kier molecular flexibility index (Phi) is 4.27. The van der Waals surface area contributed by atoms with Gasteiger partial charge in [0.25, 0.3) is 0 Å². The lowest BCUT2D eigenvalue weighted by Gasteiger charge is -2.40. The molecule has 1 aromatic heterocycles. The molecule has 1 aromatic carbocycles. The summed E-state index contributed by atoms with van der Waals surface area (Å²) in [5, 5.41) is 0. The van der Waals surface area contributed by atoms with Crippen LogP contribution in [0.25, 0.3) is 0 Å². The maximum absolute atomic E-state index is 5.83. The first-order valence-corrected chi connectivity index (χ1v) is 9.83. The molecule has 0 N–H and O–H groups in total. The number of nitrogens with zero attached hydrogens (tertiary/aromatic N) is 1. The summed E-state index contributed by atoms with van der Waals surface area (Å²) in [6.07, 6.45) is 3.96. The van der Waals surface area contributed by atoms with Crippen LogP contribution in [0.1, 0.15) is 51.8 Å².